The summed E-state index contributed by atoms with van der Waals surface area (Å²) in [6.45, 7) is 7.96. The Balaban J connectivity index is 2.12. The van der Waals surface area contributed by atoms with Gasteiger partial charge < -0.3 is 9.47 Å². The fourth-order valence-electron chi connectivity index (χ4n) is 3.08. The van der Waals surface area contributed by atoms with E-state index in [1.807, 2.05) is 18.2 Å². The highest BCUT2D eigenvalue weighted by atomic mass is 16.5. The van der Waals surface area contributed by atoms with Crippen molar-refractivity contribution >= 4 is 0 Å². The van der Waals surface area contributed by atoms with E-state index in [0.29, 0.717) is 6.61 Å². The van der Waals surface area contributed by atoms with Crippen LogP contribution in [0.25, 0.3) is 0 Å². The van der Waals surface area contributed by atoms with Crippen molar-refractivity contribution < 1.29 is 9.47 Å². The summed E-state index contributed by atoms with van der Waals surface area (Å²) in [6, 6.07) is 14.5. The molecule has 0 spiro atoms. The van der Waals surface area contributed by atoms with Gasteiger partial charge in [-0.3, -0.25) is 0 Å². The summed E-state index contributed by atoms with van der Waals surface area (Å²) >= 11 is 0. The monoisotopic (exact) mass is 340 g/mol. The van der Waals surface area contributed by atoms with E-state index in [2.05, 4.69) is 45.0 Å². The second-order valence-electron chi connectivity index (χ2n) is 6.42. The van der Waals surface area contributed by atoms with Crippen LogP contribution < -0.4 is 9.47 Å². The summed E-state index contributed by atoms with van der Waals surface area (Å²) in [5, 5.41) is 0. The Morgan fingerprint density at radius 2 is 1.56 bits per heavy atom. The molecule has 0 aliphatic rings. The number of ether oxygens (including phenoxy) is 2. The normalized spacial score (nSPS) is 10.7. The minimum atomic E-state index is 0.571. The van der Waals surface area contributed by atoms with Crippen LogP contribution in [0.4, 0.5) is 0 Å². The highest BCUT2D eigenvalue weighted by molar-refractivity contribution is 5.51. The van der Waals surface area contributed by atoms with Gasteiger partial charge in [0.05, 0.1) is 6.61 Å². The molecule has 0 bridgehead atoms. The molecular formula is C23H32O2. The minimum absolute atomic E-state index is 0.571. The van der Waals surface area contributed by atoms with Crippen molar-refractivity contribution in [1.29, 1.82) is 0 Å². The maximum atomic E-state index is 6.21. The fraction of sp³-hybridized carbons (Fsp3) is 0.478. The molecule has 0 radical (unpaired) electrons. The van der Waals surface area contributed by atoms with E-state index in [1.165, 1.54) is 36.0 Å². The molecule has 2 nitrogen and oxygen atoms in total. The predicted molar refractivity (Wildman–Crippen MR) is 106 cm³/mol. The molecule has 136 valence electrons. The molecule has 0 fully saturated rings. The Kier molecular flexibility index (Phi) is 8.38. The predicted octanol–water partition coefficient (Wildman–Crippen LogP) is 6.35. The average molecular weight is 341 g/mol. The first kappa shape index (κ1) is 19.4. The molecule has 0 saturated carbocycles. The molecule has 25 heavy (non-hydrogen) atoms. The Bertz CT molecular complexity index is 619. The van der Waals surface area contributed by atoms with Crippen LogP contribution in [-0.2, 0) is 19.4 Å². The molecule has 2 heteroatoms. The number of hydrogen-bond acceptors (Lipinski definition) is 2. The SMILES string of the molecule is CCCCCCOc1c(OCc2ccccc2)ccc(CC)c1CC. The summed E-state index contributed by atoms with van der Waals surface area (Å²) in [6.07, 6.45) is 6.84. The van der Waals surface area contributed by atoms with Gasteiger partial charge in [-0.2, -0.15) is 0 Å². The van der Waals surface area contributed by atoms with E-state index in [0.717, 1.165) is 37.4 Å². The first-order valence-corrected chi connectivity index (χ1v) is 9.74. The lowest BCUT2D eigenvalue weighted by molar-refractivity contribution is 0.255. The van der Waals surface area contributed by atoms with Gasteiger partial charge in [-0.1, -0.05) is 76.4 Å². The number of aryl methyl sites for hydroxylation is 1. The Morgan fingerprint density at radius 3 is 2.24 bits per heavy atom. The molecule has 0 unspecified atom stereocenters. The zero-order valence-electron chi connectivity index (χ0n) is 16.0. The smallest absolute Gasteiger partial charge is 0.164 e. The molecule has 0 heterocycles. The van der Waals surface area contributed by atoms with Crippen LogP contribution in [0.15, 0.2) is 42.5 Å². The molecule has 0 atom stereocenters. The van der Waals surface area contributed by atoms with Crippen LogP contribution in [-0.4, -0.2) is 6.61 Å². The topological polar surface area (TPSA) is 18.5 Å². The third-order valence-electron chi connectivity index (χ3n) is 4.54. The van der Waals surface area contributed by atoms with E-state index >= 15 is 0 Å². The maximum Gasteiger partial charge on any atom is 0.164 e. The second-order valence-corrected chi connectivity index (χ2v) is 6.42. The van der Waals surface area contributed by atoms with Crippen LogP contribution in [0.3, 0.4) is 0 Å². The third-order valence-corrected chi connectivity index (χ3v) is 4.54. The van der Waals surface area contributed by atoms with Crippen LogP contribution in [0.2, 0.25) is 0 Å². The first-order valence-electron chi connectivity index (χ1n) is 9.74. The Morgan fingerprint density at radius 1 is 0.760 bits per heavy atom. The van der Waals surface area contributed by atoms with Crippen LogP contribution in [0.5, 0.6) is 11.5 Å². The van der Waals surface area contributed by atoms with Crippen LogP contribution in [0.1, 0.15) is 63.1 Å². The van der Waals surface area contributed by atoms with E-state index in [1.54, 1.807) is 0 Å². The number of unbranched alkanes of at least 4 members (excludes halogenated alkanes) is 3. The number of benzene rings is 2. The molecule has 2 aromatic carbocycles. The lowest BCUT2D eigenvalue weighted by Crippen LogP contribution is -2.06. The first-order chi connectivity index (χ1) is 12.3. The average Bonchev–Trinajstić information content (AvgIpc) is 2.66. The summed E-state index contributed by atoms with van der Waals surface area (Å²) in [5.74, 6) is 1.82. The molecule has 0 amide bonds. The van der Waals surface area contributed by atoms with E-state index < -0.39 is 0 Å². The van der Waals surface area contributed by atoms with Gasteiger partial charge in [0, 0.05) is 5.56 Å². The minimum Gasteiger partial charge on any atom is -0.489 e. The van der Waals surface area contributed by atoms with Crippen molar-refractivity contribution in [2.24, 2.45) is 0 Å². The highest BCUT2D eigenvalue weighted by Crippen LogP contribution is 2.35. The Labute approximate surface area is 153 Å². The van der Waals surface area contributed by atoms with E-state index in [-0.39, 0.29) is 0 Å². The maximum absolute atomic E-state index is 6.21. The molecule has 0 N–H and O–H groups in total. The molecule has 0 aliphatic carbocycles. The van der Waals surface area contributed by atoms with Gasteiger partial charge in [-0.25, -0.2) is 0 Å². The summed E-state index contributed by atoms with van der Waals surface area (Å²) in [4.78, 5) is 0. The van der Waals surface area contributed by atoms with Gasteiger partial charge in [0.15, 0.2) is 11.5 Å². The van der Waals surface area contributed by atoms with Crippen molar-refractivity contribution in [2.75, 3.05) is 6.61 Å². The summed E-state index contributed by atoms with van der Waals surface area (Å²) in [5.41, 5.74) is 3.83. The Hall–Kier alpha value is -1.96. The van der Waals surface area contributed by atoms with Gasteiger partial charge in [0.25, 0.3) is 0 Å². The van der Waals surface area contributed by atoms with Gasteiger partial charge in [0.1, 0.15) is 6.61 Å². The van der Waals surface area contributed by atoms with E-state index in [4.69, 9.17) is 9.47 Å². The van der Waals surface area contributed by atoms with E-state index in [9.17, 15) is 0 Å². The van der Waals surface area contributed by atoms with Crippen molar-refractivity contribution in [3.63, 3.8) is 0 Å². The lowest BCUT2D eigenvalue weighted by atomic mass is 10.0. The quantitative estimate of drug-likeness (QED) is 0.444. The van der Waals surface area contributed by atoms with Gasteiger partial charge in [-0.05, 0) is 36.5 Å². The summed E-state index contributed by atoms with van der Waals surface area (Å²) in [7, 11) is 0. The van der Waals surface area contributed by atoms with Gasteiger partial charge in [-0.15, -0.1) is 0 Å². The summed E-state index contributed by atoms with van der Waals surface area (Å²) < 4.78 is 12.3. The zero-order valence-corrected chi connectivity index (χ0v) is 16.0. The second kappa shape index (κ2) is 10.8. The molecule has 0 aliphatic heterocycles. The molecular weight excluding hydrogens is 308 g/mol. The molecule has 2 aromatic rings. The number of rotatable bonds is 11. The third kappa shape index (κ3) is 5.81. The number of hydrogen-bond donors (Lipinski definition) is 0. The lowest BCUT2D eigenvalue weighted by Gasteiger charge is -2.18. The molecule has 0 saturated heterocycles. The highest BCUT2D eigenvalue weighted by Gasteiger charge is 2.14. The fourth-order valence-corrected chi connectivity index (χ4v) is 3.08. The molecule has 2 rings (SSSR count). The zero-order chi connectivity index (χ0) is 17.9. The van der Waals surface area contributed by atoms with Gasteiger partial charge >= 0.3 is 0 Å². The van der Waals surface area contributed by atoms with Crippen molar-refractivity contribution in [2.45, 2.75) is 65.9 Å². The van der Waals surface area contributed by atoms with Crippen molar-refractivity contribution in [1.82, 2.24) is 0 Å². The van der Waals surface area contributed by atoms with Gasteiger partial charge in [0.2, 0.25) is 0 Å². The largest absolute Gasteiger partial charge is 0.489 e. The molecule has 0 aromatic heterocycles. The standard InChI is InChI=1S/C23H32O2/c1-4-7-8-12-17-24-23-21(6-3)20(5-2)15-16-22(23)25-18-19-13-10-9-11-14-19/h9-11,13-16H,4-8,12,17-18H2,1-3H3. The van der Waals surface area contributed by atoms with Crippen LogP contribution in [0, 0.1) is 0 Å². The van der Waals surface area contributed by atoms with Crippen LogP contribution >= 0.6 is 0 Å². The van der Waals surface area contributed by atoms with Crippen molar-refractivity contribution in [3.05, 3.63) is 59.2 Å². The van der Waals surface area contributed by atoms with Crippen molar-refractivity contribution in [3.8, 4) is 11.5 Å².